The van der Waals surface area contributed by atoms with Crippen LogP contribution in [0.5, 0.6) is 0 Å². The molecule has 0 aromatic carbocycles. The number of nitrogens with zero attached hydrogens (tertiary/aromatic N) is 1. The van der Waals surface area contributed by atoms with Crippen molar-refractivity contribution in [1.29, 1.82) is 0 Å². The number of hydrogen-bond donors (Lipinski definition) is 3. The quantitative estimate of drug-likeness (QED) is 0.647. The van der Waals surface area contributed by atoms with Crippen LogP contribution in [0, 0.1) is 5.92 Å². The van der Waals surface area contributed by atoms with Gasteiger partial charge in [-0.2, -0.15) is 0 Å². The van der Waals surface area contributed by atoms with Crippen LogP contribution in [0.15, 0.2) is 0 Å². The number of aliphatic hydroxyl groups is 1. The van der Waals surface area contributed by atoms with E-state index in [0.29, 0.717) is 6.54 Å². The van der Waals surface area contributed by atoms with Crippen molar-refractivity contribution in [3.63, 3.8) is 0 Å². The lowest BCUT2D eigenvalue weighted by atomic mass is 10.1. The summed E-state index contributed by atoms with van der Waals surface area (Å²) < 4.78 is 0. The fourth-order valence-corrected chi connectivity index (χ4v) is 3.14. The van der Waals surface area contributed by atoms with E-state index in [2.05, 4.69) is 5.32 Å². The van der Waals surface area contributed by atoms with Crippen molar-refractivity contribution in [2.24, 2.45) is 5.92 Å². The Bertz CT molecular complexity index is 431. The highest BCUT2D eigenvalue weighted by Gasteiger charge is 2.39. The fourth-order valence-electron chi connectivity index (χ4n) is 3.14. The van der Waals surface area contributed by atoms with Gasteiger partial charge in [0.05, 0.1) is 12.0 Å². The molecule has 21 heavy (non-hydrogen) atoms. The smallest absolute Gasteiger partial charge is 0.328 e. The average molecular weight is 298 g/mol. The van der Waals surface area contributed by atoms with Crippen LogP contribution < -0.4 is 5.32 Å². The molecule has 1 saturated carbocycles. The predicted octanol–water partition coefficient (Wildman–Crippen LogP) is -0.272. The Morgan fingerprint density at radius 3 is 2.48 bits per heavy atom. The van der Waals surface area contributed by atoms with E-state index in [4.69, 9.17) is 5.11 Å². The molecule has 2 rings (SSSR count). The van der Waals surface area contributed by atoms with E-state index >= 15 is 0 Å². The van der Waals surface area contributed by atoms with Crippen LogP contribution in [0.3, 0.4) is 0 Å². The number of amides is 2. The third kappa shape index (κ3) is 3.53. The molecule has 0 aromatic rings. The molecule has 0 spiro atoms. The second-order valence-corrected chi connectivity index (χ2v) is 5.95. The second kappa shape index (κ2) is 6.43. The van der Waals surface area contributed by atoms with Crippen molar-refractivity contribution in [1.82, 2.24) is 10.2 Å². The van der Waals surface area contributed by atoms with Gasteiger partial charge in [-0.15, -0.1) is 0 Å². The van der Waals surface area contributed by atoms with Gasteiger partial charge < -0.3 is 20.4 Å². The van der Waals surface area contributed by atoms with Gasteiger partial charge in [-0.1, -0.05) is 12.8 Å². The molecule has 1 saturated heterocycles. The number of hydrogen-bond acceptors (Lipinski definition) is 4. The summed E-state index contributed by atoms with van der Waals surface area (Å²) in [5.74, 6) is -2.32. The maximum absolute atomic E-state index is 12.1. The number of aliphatic hydroxyl groups excluding tert-OH is 1. The Morgan fingerprint density at radius 1 is 1.33 bits per heavy atom. The topological polar surface area (TPSA) is 107 Å². The number of aliphatic carboxylic acids is 1. The number of nitrogens with one attached hydrogen (secondary N) is 1. The largest absolute Gasteiger partial charge is 0.480 e. The molecule has 0 radical (unpaired) electrons. The van der Waals surface area contributed by atoms with Crippen LogP contribution in [0.1, 0.15) is 39.0 Å². The normalized spacial score (nSPS) is 25.9. The molecule has 1 aliphatic carbocycles. The third-order valence-electron chi connectivity index (χ3n) is 4.34. The van der Waals surface area contributed by atoms with Crippen LogP contribution in [0.4, 0.5) is 0 Å². The lowest BCUT2D eigenvalue weighted by molar-refractivity contribution is -0.145. The molecule has 3 N–H and O–H groups in total. The van der Waals surface area contributed by atoms with Gasteiger partial charge in [-0.05, 0) is 19.8 Å². The highest BCUT2D eigenvalue weighted by Crippen LogP contribution is 2.29. The molecular formula is C14H22N2O5. The molecular weight excluding hydrogens is 276 g/mol. The van der Waals surface area contributed by atoms with E-state index in [1.807, 2.05) is 0 Å². The van der Waals surface area contributed by atoms with E-state index < -0.39 is 29.9 Å². The molecule has 7 heteroatoms. The zero-order chi connectivity index (χ0) is 15.6. The molecule has 2 fully saturated rings. The summed E-state index contributed by atoms with van der Waals surface area (Å²) in [7, 11) is 0. The van der Waals surface area contributed by atoms with Gasteiger partial charge in [0.2, 0.25) is 11.8 Å². The summed E-state index contributed by atoms with van der Waals surface area (Å²) in [5.41, 5.74) is 0. The number of carbonyl (C=O) groups excluding carboxylic acids is 2. The van der Waals surface area contributed by atoms with Gasteiger partial charge in [0.15, 0.2) is 6.04 Å². The zero-order valence-electron chi connectivity index (χ0n) is 12.1. The monoisotopic (exact) mass is 298 g/mol. The summed E-state index contributed by atoms with van der Waals surface area (Å²) in [4.78, 5) is 36.9. The summed E-state index contributed by atoms with van der Waals surface area (Å²) in [5, 5.41) is 20.7. The third-order valence-corrected chi connectivity index (χ3v) is 4.34. The molecule has 0 aromatic heterocycles. The zero-order valence-corrected chi connectivity index (χ0v) is 12.1. The maximum Gasteiger partial charge on any atom is 0.328 e. The highest BCUT2D eigenvalue weighted by atomic mass is 16.4. The van der Waals surface area contributed by atoms with Gasteiger partial charge in [0, 0.05) is 19.0 Å². The molecule has 2 aliphatic rings. The minimum absolute atomic E-state index is 0.0361. The van der Waals surface area contributed by atoms with Crippen molar-refractivity contribution < 1.29 is 24.6 Å². The Labute approximate surface area is 123 Å². The minimum Gasteiger partial charge on any atom is -0.480 e. The van der Waals surface area contributed by atoms with Crippen LogP contribution in [-0.4, -0.2) is 57.6 Å². The number of carboxylic acid groups (broad SMARTS) is 1. The predicted molar refractivity (Wildman–Crippen MR) is 73.3 cm³/mol. The van der Waals surface area contributed by atoms with E-state index in [9.17, 15) is 19.5 Å². The summed E-state index contributed by atoms with van der Waals surface area (Å²) >= 11 is 0. The first kappa shape index (κ1) is 15.8. The molecule has 3 unspecified atom stereocenters. The lowest BCUT2D eigenvalue weighted by Gasteiger charge is -2.24. The fraction of sp³-hybridized carbons (Fsp3) is 0.786. The van der Waals surface area contributed by atoms with E-state index in [0.717, 1.165) is 25.7 Å². The first-order chi connectivity index (χ1) is 9.90. The van der Waals surface area contributed by atoms with E-state index in [1.165, 1.54) is 6.92 Å². The van der Waals surface area contributed by atoms with Gasteiger partial charge in [0.25, 0.3) is 0 Å². The molecule has 3 atom stereocenters. The Morgan fingerprint density at radius 2 is 1.95 bits per heavy atom. The van der Waals surface area contributed by atoms with Gasteiger partial charge >= 0.3 is 5.97 Å². The Balaban J connectivity index is 1.94. The van der Waals surface area contributed by atoms with E-state index in [-0.39, 0.29) is 18.4 Å². The summed E-state index contributed by atoms with van der Waals surface area (Å²) in [6.45, 7) is 1.66. The maximum atomic E-state index is 12.1. The average Bonchev–Trinajstić information content (AvgIpc) is 3.03. The number of rotatable bonds is 5. The minimum atomic E-state index is -1.34. The van der Waals surface area contributed by atoms with Crippen molar-refractivity contribution in [2.45, 2.75) is 57.2 Å². The molecule has 118 valence electrons. The van der Waals surface area contributed by atoms with Crippen LogP contribution in [0.25, 0.3) is 0 Å². The van der Waals surface area contributed by atoms with Crippen molar-refractivity contribution >= 4 is 17.8 Å². The SMILES string of the molecule is CC(O)C(NC(=O)C1CC(=O)N(C2CCCC2)C1)C(=O)O. The molecule has 0 bridgehead atoms. The van der Waals surface area contributed by atoms with Crippen molar-refractivity contribution in [3.05, 3.63) is 0 Å². The number of carboxylic acids is 1. The van der Waals surface area contributed by atoms with Crippen LogP contribution in [-0.2, 0) is 14.4 Å². The van der Waals surface area contributed by atoms with Crippen molar-refractivity contribution in [2.75, 3.05) is 6.54 Å². The standard InChI is InChI=1S/C14H22N2O5/c1-8(17)12(14(20)21)15-13(19)9-6-11(18)16(7-9)10-4-2-3-5-10/h8-10,12,17H,2-7H2,1H3,(H,15,19)(H,20,21). The lowest BCUT2D eigenvalue weighted by Crippen LogP contribution is -2.50. The van der Waals surface area contributed by atoms with Gasteiger partial charge in [-0.3, -0.25) is 9.59 Å². The molecule has 7 nitrogen and oxygen atoms in total. The van der Waals surface area contributed by atoms with Crippen LogP contribution in [0.2, 0.25) is 0 Å². The highest BCUT2D eigenvalue weighted by molar-refractivity contribution is 5.91. The van der Waals surface area contributed by atoms with Gasteiger partial charge in [-0.25, -0.2) is 4.79 Å². The van der Waals surface area contributed by atoms with Crippen molar-refractivity contribution in [3.8, 4) is 0 Å². The first-order valence-electron chi connectivity index (χ1n) is 7.41. The molecule has 2 amide bonds. The van der Waals surface area contributed by atoms with Gasteiger partial charge in [0.1, 0.15) is 0 Å². The van der Waals surface area contributed by atoms with E-state index in [1.54, 1.807) is 4.90 Å². The molecule has 1 heterocycles. The Hall–Kier alpha value is -1.63. The molecule has 1 aliphatic heterocycles. The first-order valence-corrected chi connectivity index (χ1v) is 7.41. The summed E-state index contributed by atoms with van der Waals surface area (Å²) in [6.07, 6.45) is 3.10. The number of carbonyl (C=O) groups is 3. The summed E-state index contributed by atoms with van der Waals surface area (Å²) in [6, 6.07) is -1.12. The Kier molecular flexibility index (Phi) is 4.82. The number of likely N-dealkylation sites (tertiary alicyclic amines) is 1. The van der Waals surface area contributed by atoms with Crippen LogP contribution >= 0.6 is 0 Å². The second-order valence-electron chi connectivity index (χ2n) is 5.95.